The van der Waals surface area contributed by atoms with Crippen LogP contribution in [0.1, 0.15) is 42.6 Å². The lowest BCUT2D eigenvalue weighted by Crippen LogP contribution is -2.33. The highest BCUT2D eigenvalue weighted by molar-refractivity contribution is 6.33. The van der Waals surface area contributed by atoms with Crippen LogP contribution < -0.4 is 5.32 Å². The van der Waals surface area contributed by atoms with Crippen molar-refractivity contribution >= 4 is 23.2 Å². The van der Waals surface area contributed by atoms with Crippen molar-refractivity contribution in [3.05, 3.63) is 75.1 Å². The summed E-state index contributed by atoms with van der Waals surface area (Å²) in [5.41, 5.74) is 0.908. The van der Waals surface area contributed by atoms with Gasteiger partial charge >= 0.3 is 0 Å². The SMILES string of the molecule is CCC(C)C(NC(=O)c1ccccc1Cl)c1nc(-c2ccc([N+](=O)[O-])cc2)no1. The van der Waals surface area contributed by atoms with Crippen LogP contribution in [0.5, 0.6) is 0 Å². The molecule has 150 valence electrons. The van der Waals surface area contributed by atoms with Gasteiger partial charge in [-0.3, -0.25) is 14.9 Å². The number of benzene rings is 2. The van der Waals surface area contributed by atoms with Crippen LogP contribution in [0.25, 0.3) is 11.4 Å². The summed E-state index contributed by atoms with van der Waals surface area (Å²) < 4.78 is 5.41. The van der Waals surface area contributed by atoms with E-state index in [1.165, 1.54) is 12.1 Å². The third-order valence-corrected chi connectivity index (χ3v) is 4.99. The number of hydrogen-bond donors (Lipinski definition) is 1. The molecule has 8 nitrogen and oxygen atoms in total. The number of amides is 1. The molecule has 0 saturated heterocycles. The van der Waals surface area contributed by atoms with E-state index in [1.807, 2.05) is 13.8 Å². The molecule has 29 heavy (non-hydrogen) atoms. The van der Waals surface area contributed by atoms with Crippen molar-refractivity contribution in [2.45, 2.75) is 26.3 Å². The predicted molar refractivity (Wildman–Crippen MR) is 108 cm³/mol. The van der Waals surface area contributed by atoms with E-state index in [-0.39, 0.29) is 29.2 Å². The van der Waals surface area contributed by atoms with E-state index in [0.717, 1.165) is 6.42 Å². The molecule has 1 amide bonds. The number of carbonyl (C=O) groups is 1. The Morgan fingerprint density at radius 1 is 1.24 bits per heavy atom. The molecule has 0 aliphatic heterocycles. The zero-order valence-corrected chi connectivity index (χ0v) is 16.6. The third-order valence-electron chi connectivity index (χ3n) is 4.66. The first-order valence-electron chi connectivity index (χ1n) is 9.04. The van der Waals surface area contributed by atoms with Gasteiger partial charge in [0.05, 0.1) is 15.5 Å². The summed E-state index contributed by atoms with van der Waals surface area (Å²) in [5, 5.41) is 18.0. The fraction of sp³-hybridized carbons (Fsp3) is 0.250. The summed E-state index contributed by atoms with van der Waals surface area (Å²) in [4.78, 5) is 27.4. The van der Waals surface area contributed by atoms with Crippen molar-refractivity contribution in [3.63, 3.8) is 0 Å². The van der Waals surface area contributed by atoms with Gasteiger partial charge in [0.15, 0.2) is 0 Å². The number of nitro benzene ring substituents is 1. The Balaban J connectivity index is 1.85. The molecule has 0 saturated carbocycles. The number of nitro groups is 1. The number of halogens is 1. The summed E-state index contributed by atoms with van der Waals surface area (Å²) in [7, 11) is 0. The van der Waals surface area contributed by atoms with Gasteiger partial charge in [-0.1, -0.05) is 49.2 Å². The first-order valence-corrected chi connectivity index (χ1v) is 9.42. The van der Waals surface area contributed by atoms with E-state index in [0.29, 0.717) is 16.1 Å². The van der Waals surface area contributed by atoms with Crippen LogP contribution in [0.4, 0.5) is 5.69 Å². The number of non-ortho nitro benzene ring substituents is 1. The predicted octanol–water partition coefficient (Wildman–Crippen LogP) is 4.82. The third kappa shape index (κ3) is 4.60. The Hall–Kier alpha value is -3.26. The maximum absolute atomic E-state index is 12.7. The van der Waals surface area contributed by atoms with Crippen LogP contribution in [0, 0.1) is 16.0 Å². The minimum atomic E-state index is -0.511. The fourth-order valence-corrected chi connectivity index (χ4v) is 2.98. The van der Waals surface area contributed by atoms with Gasteiger partial charge in [0.25, 0.3) is 11.6 Å². The van der Waals surface area contributed by atoms with Crippen molar-refractivity contribution in [2.75, 3.05) is 0 Å². The summed E-state index contributed by atoms with van der Waals surface area (Å²) >= 11 is 6.12. The van der Waals surface area contributed by atoms with Crippen LogP contribution >= 0.6 is 11.6 Å². The summed E-state index contributed by atoms with van der Waals surface area (Å²) in [5.74, 6) is 0.228. The summed E-state index contributed by atoms with van der Waals surface area (Å²) in [6, 6.07) is 12.1. The smallest absolute Gasteiger partial charge is 0.269 e. The second-order valence-corrected chi connectivity index (χ2v) is 6.98. The lowest BCUT2D eigenvalue weighted by atomic mass is 9.98. The lowest BCUT2D eigenvalue weighted by Gasteiger charge is -2.21. The number of aromatic nitrogens is 2. The number of nitrogens with zero attached hydrogens (tertiary/aromatic N) is 3. The normalized spacial score (nSPS) is 12.9. The van der Waals surface area contributed by atoms with E-state index >= 15 is 0 Å². The van der Waals surface area contributed by atoms with Gasteiger partial charge < -0.3 is 9.84 Å². The minimum Gasteiger partial charge on any atom is -0.340 e. The number of hydrogen-bond acceptors (Lipinski definition) is 6. The molecule has 2 aromatic carbocycles. The highest BCUT2D eigenvalue weighted by atomic mass is 35.5. The average Bonchev–Trinajstić information content (AvgIpc) is 3.21. The van der Waals surface area contributed by atoms with Crippen molar-refractivity contribution < 1.29 is 14.2 Å². The van der Waals surface area contributed by atoms with Crippen molar-refractivity contribution in [2.24, 2.45) is 5.92 Å². The van der Waals surface area contributed by atoms with E-state index in [9.17, 15) is 14.9 Å². The van der Waals surface area contributed by atoms with Crippen LogP contribution in [-0.4, -0.2) is 21.0 Å². The summed E-state index contributed by atoms with van der Waals surface area (Å²) in [6.07, 6.45) is 0.767. The molecule has 0 aliphatic carbocycles. The first-order chi connectivity index (χ1) is 13.9. The zero-order valence-electron chi connectivity index (χ0n) is 15.8. The van der Waals surface area contributed by atoms with Crippen molar-refractivity contribution in [1.29, 1.82) is 0 Å². The Morgan fingerprint density at radius 2 is 1.93 bits per heavy atom. The minimum absolute atomic E-state index is 0.0200. The summed E-state index contributed by atoms with van der Waals surface area (Å²) in [6.45, 7) is 3.96. The van der Waals surface area contributed by atoms with Gasteiger partial charge in [-0.05, 0) is 30.2 Å². The van der Waals surface area contributed by atoms with Gasteiger partial charge in [0.2, 0.25) is 11.7 Å². The van der Waals surface area contributed by atoms with E-state index in [4.69, 9.17) is 16.1 Å². The van der Waals surface area contributed by atoms with E-state index < -0.39 is 11.0 Å². The highest BCUT2D eigenvalue weighted by Crippen LogP contribution is 2.27. The quantitative estimate of drug-likeness (QED) is 0.438. The molecule has 1 heterocycles. The Labute approximate surface area is 172 Å². The van der Waals surface area contributed by atoms with Crippen LogP contribution in [-0.2, 0) is 0 Å². The standard InChI is InChI=1S/C20H19ClN4O4/c1-3-12(2)17(22-19(26)15-6-4-5-7-16(15)21)20-23-18(24-29-20)13-8-10-14(11-9-13)25(27)28/h4-12,17H,3H2,1-2H3,(H,22,26). The van der Waals surface area contributed by atoms with Gasteiger partial charge in [0.1, 0.15) is 6.04 Å². The van der Waals surface area contributed by atoms with Gasteiger partial charge in [-0.2, -0.15) is 4.98 Å². The monoisotopic (exact) mass is 414 g/mol. The highest BCUT2D eigenvalue weighted by Gasteiger charge is 2.27. The average molecular weight is 415 g/mol. The first kappa shape index (κ1) is 20.5. The Kier molecular flexibility index (Phi) is 6.23. The molecule has 3 aromatic rings. The largest absolute Gasteiger partial charge is 0.340 e. The van der Waals surface area contributed by atoms with E-state index in [1.54, 1.807) is 36.4 Å². The topological polar surface area (TPSA) is 111 Å². The van der Waals surface area contributed by atoms with Crippen LogP contribution in [0.3, 0.4) is 0 Å². The molecule has 0 aliphatic rings. The molecule has 0 radical (unpaired) electrons. The van der Waals surface area contributed by atoms with Crippen LogP contribution in [0.15, 0.2) is 53.1 Å². The molecule has 0 fully saturated rings. The second-order valence-electron chi connectivity index (χ2n) is 6.58. The van der Waals surface area contributed by atoms with Crippen molar-refractivity contribution in [1.82, 2.24) is 15.5 Å². The molecule has 1 N–H and O–H groups in total. The Bertz CT molecular complexity index is 1020. The van der Waals surface area contributed by atoms with Crippen LogP contribution in [0.2, 0.25) is 5.02 Å². The van der Waals surface area contributed by atoms with Crippen molar-refractivity contribution in [3.8, 4) is 11.4 Å². The maximum atomic E-state index is 12.7. The molecular formula is C20H19ClN4O4. The maximum Gasteiger partial charge on any atom is 0.269 e. The van der Waals surface area contributed by atoms with Gasteiger partial charge in [0, 0.05) is 17.7 Å². The molecular weight excluding hydrogens is 396 g/mol. The molecule has 2 unspecified atom stereocenters. The second kappa shape index (κ2) is 8.83. The molecule has 2 atom stereocenters. The number of nitrogens with one attached hydrogen (secondary N) is 1. The molecule has 1 aromatic heterocycles. The zero-order chi connectivity index (χ0) is 21.0. The van der Waals surface area contributed by atoms with E-state index in [2.05, 4.69) is 15.5 Å². The molecule has 9 heteroatoms. The fourth-order valence-electron chi connectivity index (χ4n) is 2.76. The molecule has 3 rings (SSSR count). The molecule has 0 spiro atoms. The lowest BCUT2D eigenvalue weighted by molar-refractivity contribution is -0.384. The number of carbonyl (C=O) groups excluding carboxylic acids is 1. The number of rotatable bonds is 7. The Morgan fingerprint density at radius 3 is 2.55 bits per heavy atom. The molecule has 0 bridgehead atoms. The van der Waals surface area contributed by atoms with Gasteiger partial charge in [-0.25, -0.2) is 0 Å². The van der Waals surface area contributed by atoms with Gasteiger partial charge in [-0.15, -0.1) is 0 Å².